The second-order valence-corrected chi connectivity index (χ2v) is 5.59. The zero-order valence-electron chi connectivity index (χ0n) is 13.1. The number of nitrogens with two attached hydrogens (primary N) is 1. The monoisotopic (exact) mass is 312 g/mol. The molecule has 0 amide bonds. The Balaban J connectivity index is 1.79. The van der Waals surface area contributed by atoms with Crippen LogP contribution in [0.25, 0.3) is 33.3 Å². The van der Waals surface area contributed by atoms with E-state index >= 15 is 0 Å². The van der Waals surface area contributed by atoms with Crippen LogP contribution < -0.4 is 5.73 Å². The summed E-state index contributed by atoms with van der Waals surface area (Å²) in [5.41, 5.74) is 11.7. The van der Waals surface area contributed by atoms with Crippen LogP contribution in [0.15, 0.2) is 73.2 Å². The highest BCUT2D eigenvalue weighted by atomic mass is 14.8. The first kappa shape index (κ1) is 14.5. The second kappa shape index (κ2) is 6.18. The fourth-order valence-electron chi connectivity index (χ4n) is 2.73. The van der Waals surface area contributed by atoms with Crippen LogP contribution in [-0.2, 0) is 6.54 Å². The summed E-state index contributed by atoms with van der Waals surface area (Å²) in [6.45, 7) is 0.416. The smallest absolute Gasteiger partial charge is 0.0743 e. The third-order valence-corrected chi connectivity index (χ3v) is 4.01. The average molecular weight is 312 g/mol. The molecule has 24 heavy (non-hydrogen) atoms. The van der Waals surface area contributed by atoms with Crippen LogP contribution in [-0.4, -0.2) is 15.0 Å². The largest absolute Gasteiger partial charge is 0.325 e. The number of rotatable bonds is 3. The van der Waals surface area contributed by atoms with Crippen molar-refractivity contribution in [3.05, 3.63) is 78.9 Å². The number of nitrogens with zero attached hydrogens (tertiary/aromatic N) is 3. The molecule has 0 fully saturated rings. The van der Waals surface area contributed by atoms with E-state index in [4.69, 9.17) is 10.7 Å². The first-order valence-electron chi connectivity index (χ1n) is 7.80. The molecule has 0 atom stereocenters. The number of aromatic nitrogens is 3. The summed E-state index contributed by atoms with van der Waals surface area (Å²) in [5.74, 6) is 0. The molecule has 0 saturated carbocycles. The van der Waals surface area contributed by atoms with E-state index in [9.17, 15) is 0 Å². The highest BCUT2D eigenvalue weighted by molar-refractivity contribution is 5.82. The zero-order valence-corrected chi connectivity index (χ0v) is 13.1. The highest BCUT2D eigenvalue weighted by Crippen LogP contribution is 2.26. The summed E-state index contributed by atoms with van der Waals surface area (Å²) in [7, 11) is 0. The van der Waals surface area contributed by atoms with Gasteiger partial charge in [0.25, 0.3) is 0 Å². The Labute approximate surface area is 140 Å². The molecule has 0 aliphatic rings. The number of benzene rings is 1. The Morgan fingerprint density at radius 2 is 1.67 bits per heavy atom. The van der Waals surface area contributed by atoms with Gasteiger partial charge in [0, 0.05) is 36.1 Å². The molecule has 3 aromatic heterocycles. The summed E-state index contributed by atoms with van der Waals surface area (Å²) in [6, 6.07) is 18.4. The lowest BCUT2D eigenvalue weighted by Crippen LogP contribution is -1.99. The predicted molar refractivity (Wildman–Crippen MR) is 96.1 cm³/mol. The van der Waals surface area contributed by atoms with E-state index < -0.39 is 0 Å². The maximum absolute atomic E-state index is 5.68. The van der Waals surface area contributed by atoms with Gasteiger partial charge >= 0.3 is 0 Å². The van der Waals surface area contributed by atoms with Gasteiger partial charge in [-0.05, 0) is 47.5 Å². The molecule has 3 heterocycles. The molecule has 0 bridgehead atoms. The maximum Gasteiger partial charge on any atom is 0.0743 e. The molecular formula is C20H16N4. The van der Waals surface area contributed by atoms with E-state index in [0.29, 0.717) is 6.54 Å². The fourth-order valence-corrected chi connectivity index (χ4v) is 2.73. The van der Waals surface area contributed by atoms with Gasteiger partial charge in [0.15, 0.2) is 0 Å². The molecule has 4 rings (SSSR count). The third kappa shape index (κ3) is 2.75. The van der Waals surface area contributed by atoms with E-state index in [-0.39, 0.29) is 0 Å². The molecule has 4 aromatic rings. The summed E-state index contributed by atoms with van der Waals surface area (Å²) in [4.78, 5) is 13.2. The molecule has 1 aromatic carbocycles. The molecule has 0 aliphatic heterocycles. The van der Waals surface area contributed by atoms with Crippen molar-refractivity contribution in [2.24, 2.45) is 5.73 Å². The van der Waals surface area contributed by atoms with Gasteiger partial charge in [0.2, 0.25) is 0 Å². The van der Waals surface area contributed by atoms with Gasteiger partial charge < -0.3 is 5.73 Å². The first-order chi connectivity index (χ1) is 11.8. The van der Waals surface area contributed by atoms with Crippen molar-refractivity contribution in [3.63, 3.8) is 0 Å². The lowest BCUT2D eigenvalue weighted by atomic mass is 10.0. The number of fused-ring (bicyclic) bond motifs is 1. The highest BCUT2D eigenvalue weighted by Gasteiger charge is 2.05. The zero-order chi connectivity index (χ0) is 16.4. The molecule has 4 nitrogen and oxygen atoms in total. The summed E-state index contributed by atoms with van der Waals surface area (Å²) < 4.78 is 0. The van der Waals surface area contributed by atoms with Crippen LogP contribution in [0, 0.1) is 0 Å². The number of hydrogen-bond acceptors (Lipinski definition) is 4. The molecule has 0 saturated heterocycles. The van der Waals surface area contributed by atoms with Crippen molar-refractivity contribution < 1.29 is 0 Å². The minimum atomic E-state index is 0.416. The van der Waals surface area contributed by atoms with Gasteiger partial charge in [-0.2, -0.15) is 0 Å². The van der Waals surface area contributed by atoms with E-state index in [1.807, 2.05) is 36.5 Å². The lowest BCUT2D eigenvalue weighted by molar-refractivity contribution is 0.996. The normalized spacial score (nSPS) is 10.9. The van der Waals surface area contributed by atoms with Crippen molar-refractivity contribution in [2.75, 3.05) is 0 Å². The Kier molecular flexibility index (Phi) is 3.73. The van der Waals surface area contributed by atoms with Crippen LogP contribution >= 0.6 is 0 Å². The SMILES string of the molecule is NCc1cc2nc(-c3cccc(-c4ccncc4)c3)ccc2cn1. The fraction of sp³-hybridized carbons (Fsp3) is 0.0500. The van der Waals surface area contributed by atoms with Crippen molar-refractivity contribution in [1.82, 2.24) is 15.0 Å². The number of hydrogen-bond donors (Lipinski definition) is 1. The minimum Gasteiger partial charge on any atom is -0.325 e. The topological polar surface area (TPSA) is 64.7 Å². The first-order valence-corrected chi connectivity index (χ1v) is 7.80. The lowest BCUT2D eigenvalue weighted by Gasteiger charge is -2.07. The van der Waals surface area contributed by atoms with Crippen molar-refractivity contribution >= 4 is 10.9 Å². The molecule has 2 N–H and O–H groups in total. The Hall–Kier alpha value is -3.11. The van der Waals surface area contributed by atoms with Gasteiger partial charge in [-0.15, -0.1) is 0 Å². The third-order valence-electron chi connectivity index (χ3n) is 4.01. The summed E-state index contributed by atoms with van der Waals surface area (Å²) in [6.07, 6.45) is 5.43. The number of pyridine rings is 3. The van der Waals surface area contributed by atoms with Gasteiger partial charge in [0.05, 0.1) is 16.9 Å². The van der Waals surface area contributed by atoms with E-state index in [0.717, 1.165) is 39.0 Å². The maximum atomic E-state index is 5.68. The van der Waals surface area contributed by atoms with Crippen molar-refractivity contribution in [3.8, 4) is 22.4 Å². The molecule has 4 heteroatoms. The minimum absolute atomic E-state index is 0.416. The van der Waals surface area contributed by atoms with Crippen molar-refractivity contribution in [2.45, 2.75) is 6.54 Å². The van der Waals surface area contributed by atoms with Crippen LogP contribution in [0.1, 0.15) is 5.69 Å². The quantitative estimate of drug-likeness (QED) is 0.624. The molecular weight excluding hydrogens is 296 g/mol. The average Bonchev–Trinajstić information content (AvgIpc) is 2.68. The molecule has 0 aliphatic carbocycles. The van der Waals surface area contributed by atoms with E-state index in [2.05, 4.69) is 34.2 Å². The van der Waals surface area contributed by atoms with E-state index in [1.165, 1.54) is 0 Å². The van der Waals surface area contributed by atoms with Gasteiger partial charge in [-0.3, -0.25) is 9.97 Å². The molecule has 116 valence electrons. The van der Waals surface area contributed by atoms with Gasteiger partial charge in [-0.1, -0.05) is 18.2 Å². The molecule has 0 spiro atoms. The Morgan fingerprint density at radius 1 is 0.833 bits per heavy atom. The molecule has 0 radical (unpaired) electrons. The van der Waals surface area contributed by atoms with Crippen LogP contribution in [0.3, 0.4) is 0 Å². The summed E-state index contributed by atoms with van der Waals surface area (Å²) >= 11 is 0. The molecule has 0 unspecified atom stereocenters. The van der Waals surface area contributed by atoms with Crippen LogP contribution in [0.2, 0.25) is 0 Å². The standard InChI is InChI=1S/C20H16N4/c21-12-18-11-20-17(13-23-18)4-5-19(24-20)16-3-1-2-15(10-16)14-6-8-22-9-7-14/h1-11,13H,12,21H2. The van der Waals surface area contributed by atoms with E-state index in [1.54, 1.807) is 12.4 Å². The predicted octanol–water partition coefficient (Wildman–Crippen LogP) is 3.82. The van der Waals surface area contributed by atoms with Crippen molar-refractivity contribution in [1.29, 1.82) is 0 Å². The Bertz CT molecular complexity index is 997. The van der Waals surface area contributed by atoms with Gasteiger partial charge in [0.1, 0.15) is 0 Å². The van der Waals surface area contributed by atoms with Crippen LogP contribution in [0.4, 0.5) is 0 Å². The van der Waals surface area contributed by atoms with Gasteiger partial charge in [-0.25, -0.2) is 4.98 Å². The second-order valence-electron chi connectivity index (χ2n) is 5.59. The Morgan fingerprint density at radius 3 is 2.50 bits per heavy atom. The van der Waals surface area contributed by atoms with Crippen LogP contribution in [0.5, 0.6) is 0 Å². The summed E-state index contributed by atoms with van der Waals surface area (Å²) in [5, 5.41) is 1.02.